The molecule has 0 bridgehead atoms. The molecule has 0 radical (unpaired) electrons. The Labute approximate surface area is 196 Å². The second-order valence-electron chi connectivity index (χ2n) is 8.32. The summed E-state index contributed by atoms with van der Waals surface area (Å²) in [6.45, 7) is 2.42. The number of hydrogen-bond donors (Lipinski definition) is 0. The van der Waals surface area contributed by atoms with E-state index in [1.54, 1.807) is 23.2 Å². The fourth-order valence-corrected chi connectivity index (χ4v) is 4.20. The van der Waals surface area contributed by atoms with Gasteiger partial charge < -0.3 is 18.7 Å². The largest absolute Gasteiger partial charge is 0.453 e. The molecule has 0 saturated carbocycles. The highest BCUT2D eigenvalue weighted by Gasteiger charge is 2.34. The van der Waals surface area contributed by atoms with E-state index in [2.05, 4.69) is 10.1 Å². The zero-order valence-electron chi connectivity index (χ0n) is 19.0. The van der Waals surface area contributed by atoms with E-state index in [-0.39, 0.29) is 18.9 Å². The molecule has 4 aromatic rings. The van der Waals surface area contributed by atoms with Gasteiger partial charge in [0.15, 0.2) is 0 Å². The standard InChI is InChI=1S/C26H24N4O4/c1-17-21(25(28-34-17)18-8-4-3-5-9-18)15-30(16-23-27-12-13-29(23)2)24(31)14-22-19-10-6-7-11-20(19)26(32)33-22/h3-13,22H,14-16H2,1-2H3. The number of carbonyl (C=O) groups is 2. The molecule has 0 fully saturated rings. The molecule has 3 heterocycles. The quantitative estimate of drug-likeness (QED) is 0.387. The van der Waals surface area contributed by atoms with Crippen LogP contribution in [0.4, 0.5) is 0 Å². The lowest BCUT2D eigenvalue weighted by atomic mass is 10.0. The normalized spacial score (nSPS) is 14.6. The van der Waals surface area contributed by atoms with Crippen LogP contribution in [0.5, 0.6) is 0 Å². The Balaban J connectivity index is 1.44. The van der Waals surface area contributed by atoms with Crippen molar-refractivity contribution in [2.24, 2.45) is 7.05 Å². The lowest BCUT2D eigenvalue weighted by molar-refractivity contribution is -0.134. The molecule has 5 rings (SSSR count). The lowest BCUT2D eigenvalue weighted by Gasteiger charge is -2.24. The maximum Gasteiger partial charge on any atom is 0.339 e. The minimum atomic E-state index is -0.614. The number of hydrogen-bond acceptors (Lipinski definition) is 6. The second-order valence-corrected chi connectivity index (χ2v) is 8.32. The van der Waals surface area contributed by atoms with Crippen LogP contribution in [0.15, 0.2) is 71.5 Å². The van der Waals surface area contributed by atoms with Crippen molar-refractivity contribution in [1.82, 2.24) is 19.6 Å². The first-order valence-electron chi connectivity index (χ1n) is 11.1. The van der Waals surface area contributed by atoms with Gasteiger partial charge in [0.05, 0.1) is 25.1 Å². The molecule has 1 unspecified atom stereocenters. The van der Waals surface area contributed by atoms with Crippen LogP contribution >= 0.6 is 0 Å². The number of carbonyl (C=O) groups excluding carboxylic acids is 2. The number of aryl methyl sites for hydroxylation is 2. The molecule has 0 saturated heterocycles. The molecule has 8 nitrogen and oxygen atoms in total. The van der Waals surface area contributed by atoms with Crippen molar-refractivity contribution in [1.29, 1.82) is 0 Å². The van der Waals surface area contributed by atoms with E-state index in [1.807, 2.05) is 67.2 Å². The predicted molar refractivity (Wildman–Crippen MR) is 123 cm³/mol. The highest BCUT2D eigenvalue weighted by molar-refractivity contribution is 5.94. The number of aromatic nitrogens is 3. The van der Waals surface area contributed by atoms with Gasteiger partial charge in [-0.15, -0.1) is 0 Å². The summed E-state index contributed by atoms with van der Waals surface area (Å²) in [6.07, 6.45) is 2.97. The fraction of sp³-hybridized carbons (Fsp3) is 0.231. The number of rotatable bonds is 7. The van der Waals surface area contributed by atoms with Crippen molar-refractivity contribution in [2.45, 2.75) is 32.5 Å². The van der Waals surface area contributed by atoms with Crippen molar-refractivity contribution in [2.75, 3.05) is 0 Å². The van der Waals surface area contributed by atoms with E-state index in [4.69, 9.17) is 9.26 Å². The number of esters is 1. The van der Waals surface area contributed by atoms with Crippen LogP contribution < -0.4 is 0 Å². The minimum absolute atomic E-state index is 0.0399. The van der Waals surface area contributed by atoms with Gasteiger partial charge in [-0.3, -0.25) is 4.79 Å². The van der Waals surface area contributed by atoms with Crippen LogP contribution in [-0.4, -0.2) is 31.5 Å². The van der Waals surface area contributed by atoms with Crippen molar-refractivity contribution in [3.05, 3.63) is 95.3 Å². The Morgan fingerprint density at radius 3 is 2.62 bits per heavy atom. The maximum absolute atomic E-state index is 13.6. The molecule has 0 spiro atoms. The number of imidazole rings is 1. The SMILES string of the molecule is Cc1onc(-c2ccccc2)c1CN(Cc1nccn1C)C(=O)CC1OC(=O)c2ccccc21. The highest BCUT2D eigenvalue weighted by atomic mass is 16.5. The van der Waals surface area contributed by atoms with E-state index < -0.39 is 12.1 Å². The van der Waals surface area contributed by atoms with Gasteiger partial charge in [0.25, 0.3) is 0 Å². The van der Waals surface area contributed by atoms with Crippen LogP contribution in [0.1, 0.15) is 45.6 Å². The smallest absolute Gasteiger partial charge is 0.339 e. The topological polar surface area (TPSA) is 90.5 Å². The molecule has 2 aromatic carbocycles. The maximum atomic E-state index is 13.6. The van der Waals surface area contributed by atoms with Gasteiger partial charge in [0.2, 0.25) is 5.91 Å². The molecule has 8 heteroatoms. The van der Waals surface area contributed by atoms with Gasteiger partial charge in [0.1, 0.15) is 23.4 Å². The van der Waals surface area contributed by atoms with Gasteiger partial charge in [-0.25, -0.2) is 9.78 Å². The monoisotopic (exact) mass is 456 g/mol. The predicted octanol–water partition coefficient (Wildman–Crippen LogP) is 4.21. The summed E-state index contributed by atoms with van der Waals surface area (Å²) in [5.74, 6) is 0.837. The van der Waals surface area contributed by atoms with E-state index >= 15 is 0 Å². The number of nitrogens with zero attached hydrogens (tertiary/aromatic N) is 4. The number of benzene rings is 2. The van der Waals surface area contributed by atoms with E-state index in [0.29, 0.717) is 23.6 Å². The molecule has 1 aliphatic heterocycles. The summed E-state index contributed by atoms with van der Waals surface area (Å²) in [5.41, 5.74) is 3.70. The van der Waals surface area contributed by atoms with Crippen molar-refractivity contribution in [3.63, 3.8) is 0 Å². The Kier molecular flexibility index (Phi) is 5.71. The van der Waals surface area contributed by atoms with Crippen LogP contribution in [0.25, 0.3) is 11.3 Å². The first-order valence-corrected chi connectivity index (χ1v) is 11.1. The van der Waals surface area contributed by atoms with E-state index in [0.717, 1.165) is 22.5 Å². The lowest BCUT2D eigenvalue weighted by Crippen LogP contribution is -2.32. The summed E-state index contributed by atoms with van der Waals surface area (Å²) in [4.78, 5) is 31.9. The number of ether oxygens (including phenoxy) is 1. The molecule has 1 amide bonds. The molecular formula is C26H24N4O4. The summed E-state index contributed by atoms with van der Waals surface area (Å²) in [7, 11) is 1.89. The molecule has 1 aliphatic rings. The van der Waals surface area contributed by atoms with Crippen molar-refractivity contribution < 1.29 is 18.8 Å². The molecule has 1 atom stereocenters. The van der Waals surface area contributed by atoms with Crippen LogP contribution in [0.2, 0.25) is 0 Å². The van der Waals surface area contributed by atoms with Gasteiger partial charge in [-0.2, -0.15) is 0 Å². The van der Waals surface area contributed by atoms with Crippen molar-refractivity contribution in [3.8, 4) is 11.3 Å². The number of fused-ring (bicyclic) bond motifs is 1. The molecule has 34 heavy (non-hydrogen) atoms. The van der Waals surface area contributed by atoms with Crippen molar-refractivity contribution >= 4 is 11.9 Å². The Bertz CT molecular complexity index is 1340. The zero-order valence-corrected chi connectivity index (χ0v) is 19.0. The minimum Gasteiger partial charge on any atom is -0.453 e. The van der Waals surface area contributed by atoms with Gasteiger partial charge in [-0.1, -0.05) is 53.7 Å². The number of amides is 1. The van der Waals surface area contributed by atoms with Crippen LogP contribution in [-0.2, 0) is 29.7 Å². The molecular weight excluding hydrogens is 432 g/mol. The fourth-order valence-electron chi connectivity index (χ4n) is 4.20. The van der Waals surface area contributed by atoms with E-state index in [1.165, 1.54) is 0 Å². The third-order valence-electron chi connectivity index (χ3n) is 6.12. The highest BCUT2D eigenvalue weighted by Crippen LogP contribution is 2.34. The van der Waals surface area contributed by atoms with Gasteiger partial charge >= 0.3 is 5.97 Å². The molecule has 2 aromatic heterocycles. The van der Waals surface area contributed by atoms with Crippen LogP contribution in [0, 0.1) is 6.92 Å². The molecule has 0 N–H and O–H groups in total. The molecule has 0 aliphatic carbocycles. The Morgan fingerprint density at radius 2 is 1.85 bits per heavy atom. The van der Waals surface area contributed by atoms with Gasteiger partial charge in [-0.05, 0) is 13.0 Å². The third kappa shape index (κ3) is 4.10. The van der Waals surface area contributed by atoms with E-state index in [9.17, 15) is 9.59 Å². The number of cyclic esters (lactones) is 1. The Morgan fingerprint density at radius 1 is 1.09 bits per heavy atom. The van der Waals surface area contributed by atoms with Gasteiger partial charge in [0, 0.05) is 36.1 Å². The summed E-state index contributed by atoms with van der Waals surface area (Å²) >= 11 is 0. The second kappa shape index (κ2) is 8.97. The average molecular weight is 457 g/mol. The summed E-state index contributed by atoms with van der Waals surface area (Å²) in [6, 6.07) is 16.9. The summed E-state index contributed by atoms with van der Waals surface area (Å²) < 4.78 is 12.9. The molecule has 172 valence electrons. The summed E-state index contributed by atoms with van der Waals surface area (Å²) in [5, 5.41) is 4.25. The Hall–Kier alpha value is -4.20. The first kappa shape index (κ1) is 21.6. The first-order chi connectivity index (χ1) is 16.5. The van der Waals surface area contributed by atoms with Crippen LogP contribution in [0.3, 0.4) is 0 Å². The zero-order chi connectivity index (χ0) is 23.7. The average Bonchev–Trinajstić information content (AvgIpc) is 3.52. The third-order valence-corrected chi connectivity index (χ3v) is 6.12.